The highest BCUT2D eigenvalue weighted by Gasteiger charge is 2.56. The van der Waals surface area contributed by atoms with Crippen molar-refractivity contribution < 1.29 is 9.53 Å². The molecule has 2 N–H and O–H groups in total. The molecule has 3 aromatic heterocycles. The summed E-state index contributed by atoms with van der Waals surface area (Å²) in [7, 11) is 1.54. The number of carbonyl (C=O) groups is 1. The fraction of sp³-hybridized carbons (Fsp3) is 0.368. The minimum Gasteiger partial charge on any atom is -0.467 e. The third kappa shape index (κ3) is 2.51. The van der Waals surface area contributed by atoms with Crippen LogP contribution in [0, 0.1) is 17.8 Å². The lowest BCUT2D eigenvalue weighted by Gasteiger charge is -2.05. The van der Waals surface area contributed by atoms with E-state index in [1.165, 1.54) is 26.4 Å². The number of pyridine rings is 1. The summed E-state index contributed by atoms with van der Waals surface area (Å²) >= 11 is 0. The van der Waals surface area contributed by atoms with Crippen molar-refractivity contribution in [1.82, 2.24) is 19.9 Å². The maximum atomic E-state index is 12.4. The topological polar surface area (TPSA) is 92.8 Å². The van der Waals surface area contributed by atoms with E-state index in [9.17, 15) is 4.79 Å². The SMILES string of the molecule is COc1nccc(-c2cc3cnc(NC(=O)C4C5CCCC54)cc3[nH]2)n1. The van der Waals surface area contributed by atoms with Gasteiger partial charge in [-0.15, -0.1) is 0 Å². The maximum absolute atomic E-state index is 12.4. The van der Waals surface area contributed by atoms with Crippen molar-refractivity contribution in [2.24, 2.45) is 17.8 Å². The predicted molar refractivity (Wildman–Crippen MR) is 96.6 cm³/mol. The van der Waals surface area contributed by atoms with Crippen LogP contribution in [0.1, 0.15) is 19.3 Å². The Morgan fingerprint density at radius 1 is 1.27 bits per heavy atom. The molecule has 3 aromatic rings. The quantitative estimate of drug-likeness (QED) is 0.755. The van der Waals surface area contributed by atoms with Crippen LogP contribution in [0.3, 0.4) is 0 Å². The van der Waals surface area contributed by atoms with E-state index in [2.05, 4.69) is 25.3 Å². The Bertz CT molecular complexity index is 989. The first-order valence-corrected chi connectivity index (χ1v) is 8.90. The van der Waals surface area contributed by atoms with Gasteiger partial charge >= 0.3 is 6.01 Å². The van der Waals surface area contributed by atoms with Gasteiger partial charge in [-0.05, 0) is 36.8 Å². The standard InChI is InChI=1S/C19H19N5O2/c1-26-19-20-6-5-13(23-19)15-7-10-9-21-16(8-14(10)22-15)24-18(25)17-11-3-2-4-12(11)17/h5-9,11-12,17,22H,2-4H2,1H3,(H,21,24,25). The van der Waals surface area contributed by atoms with Crippen molar-refractivity contribution in [1.29, 1.82) is 0 Å². The van der Waals surface area contributed by atoms with E-state index in [1.807, 2.05) is 18.2 Å². The Balaban J connectivity index is 1.38. The molecule has 7 heteroatoms. The molecule has 26 heavy (non-hydrogen) atoms. The molecule has 0 saturated heterocycles. The molecule has 3 heterocycles. The van der Waals surface area contributed by atoms with Gasteiger partial charge in [0.15, 0.2) is 0 Å². The van der Waals surface area contributed by atoms with E-state index in [0.717, 1.165) is 22.3 Å². The summed E-state index contributed by atoms with van der Waals surface area (Å²) in [4.78, 5) is 28.5. The summed E-state index contributed by atoms with van der Waals surface area (Å²) < 4.78 is 5.08. The summed E-state index contributed by atoms with van der Waals surface area (Å²) in [5, 5.41) is 3.93. The number of methoxy groups -OCH3 is 1. The number of carbonyl (C=O) groups excluding carboxylic acids is 1. The Morgan fingerprint density at radius 3 is 2.92 bits per heavy atom. The number of ether oxygens (including phenoxy) is 1. The largest absolute Gasteiger partial charge is 0.467 e. The molecule has 2 saturated carbocycles. The second-order valence-electron chi connectivity index (χ2n) is 7.04. The molecule has 2 atom stereocenters. The molecular weight excluding hydrogens is 330 g/mol. The van der Waals surface area contributed by atoms with Crippen LogP contribution < -0.4 is 10.1 Å². The lowest BCUT2D eigenvalue weighted by atomic mass is 10.1. The molecule has 1 amide bonds. The average molecular weight is 349 g/mol. The molecule has 0 bridgehead atoms. The first-order chi connectivity index (χ1) is 12.7. The Kier molecular flexibility index (Phi) is 3.41. The number of nitrogens with one attached hydrogen (secondary N) is 2. The Labute approximate surface area is 150 Å². The highest BCUT2D eigenvalue weighted by Crippen LogP contribution is 2.57. The number of fused-ring (bicyclic) bond motifs is 2. The number of amides is 1. The molecule has 2 unspecified atom stereocenters. The number of aromatic nitrogens is 4. The van der Waals surface area contributed by atoms with E-state index in [4.69, 9.17) is 4.74 Å². The van der Waals surface area contributed by atoms with Gasteiger partial charge in [0, 0.05) is 29.8 Å². The van der Waals surface area contributed by atoms with Crippen molar-refractivity contribution in [3.8, 4) is 17.4 Å². The summed E-state index contributed by atoms with van der Waals surface area (Å²) in [6.45, 7) is 0. The molecule has 0 spiro atoms. The second kappa shape index (κ2) is 5.79. The third-order valence-corrected chi connectivity index (χ3v) is 5.56. The van der Waals surface area contributed by atoms with Crippen molar-refractivity contribution in [2.75, 3.05) is 12.4 Å². The van der Waals surface area contributed by atoms with E-state index in [1.54, 1.807) is 12.4 Å². The highest BCUT2D eigenvalue weighted by atomic mass is 16.5. The molecular formula is C19H19N5O2. The second-order valence-corrected chi connectivity index (χ2v) is 7.04. The van der Waals surface area contributed by atoms with Gasteiger partial charge in [-0.3, -0.25) is 4.79 Å². The van der Waals surface area contributed by atoms with Crippen LogP contribution in [0.4, 0.5) is 5.82 Å². The number of anilines is 1. The summed E-state index contributed by atoms with van der Waals surface area (Å²) in [6, 6.07) is 5.98. The molecule has 0 aliphatic heterocycles. The smallest absolute Gasteiger partial charge is 0.316 e. The van der Waals surface area contributed by atoms with Crippen LogP contribution in [0.5, 0.6) is 6.01 Å². The summed E-state index contributed by atoms with van der Waals surface area (Å²) in [5.41, 5.74) is 2.49. The molecule has 7 nitrogen and oxygen atoms in total. The predicted octanol–water partition coefficient (Wildman–Crippen LogP) is 3.01. The van der Waals surface area contributed by atoms with Gasteiger partial charge in [-0.1, -0.05) is 6.42 Å². The summed E-state index contributed by atoms with van der Waals surface area (Å²) in [5.74, 6) is 2.08. The fourth-order valence-electron chi connectivity index (χ4n) is 4.24. The lowest BCUT2D eigenvalue weighted by molar-refractivity contribution is -0.118. The zero-order valence-electron chi connectivity index (χ0n) is 14.4. The number of hydrogen-bond donors (Lipinski definition) is 2. The third-order valence-electron chi connectivity index (χ3n) is 5.56. The van der Waals surface area contributed by atoms with Gasteiger partial charge in [0.05, 0.1) is 24.0 Å². The van der Waals surface area contributed by atoms with Crippen LogP contribution in [0.15, 0.2) is 30.6 Å². The molecule has 2 aliphatic rings. The van der Waals surface area contributed by atoms with Crippen LogP contribution in [0.25, 0.3) is 22.3 Å². The van der Waals surface area contributed by atoms with Gasteiger partial charge in [0.25, 0.3) is 0 Å². The van der Waals surface area contributed by atoms with Crippen LogP contribution >= 0.6 is 0 Å². The summed E-state index contributed by atoms with van der Waals surface area (Å²) in [6.07, 6.45) is 7.07. The minimum absolute atomic E-state index is 0.110. The number of hydrogen-bond acceptors (Lipinski definition) is 5. The number of rotatable bonds is 4. The van der Waals surface area contributed by atoms with Gasteiger partial charge < -0.3 is 15.0 Å². The molecule has 0 radical (unpaired) electrons. The van der Waals surface area contributed by atoms with Gasteiger partial charge in [-0.2, -0.15) is 4.98 Å². The van der Waals surface area contributed by atoms with Crippen LogP contribution in [-0.4, -0.2) is 33.0 Å². The molecule has 0 aromatic carbocycles. The molecule has 132 valence electrons. The monoisotopic (exact) mass is 349 g/mol. The number of aromatic amines is 1. The van der Waals surface area contributed by atoms with E-state index in [-0.39, 0.29) is 11.8 Å². The van der Waals surface area contributed by atoms with Gasteiger partial charge in [-0.25, -0.2) is 9.97 Å². The van der Waals surface area contributed by atoms with Crippen molar-refractivity contribution in [2.45, 2.75) is 19.3 Å². The van der Waals surface area contributed by atoms with Gasteiger partial charge in [0.2, 0.25) is 5.91 Å². The van der Waals surface area contributed by atoms with Crippen LogP contribution in [0.2, 0.25) is 0 Å². The molecule has 2 aliphatic carbocycles. The normalized spacial score (nSPS) is 23.7. The van der Waals surface area contributed by atoms with Gasteiger partial charge in [0.1, 0.15) is 5.82 Å². The number of nitrogens with zero attached hydrogens (tertiary/aromatic N) is 3. The molecule has 5 rings (SSSR count). The molecule has 2 fully saturated rings. The van der Waals surface area contributed by atoms with Crippen molar-refractivity contribution >= 4 is 22.6 Å². The first kappa shape index (κ1) is 15.3. The van der Waals surface area contributed by atoms with Crippen LogP contribution in [-0.2, 0) is 4.79 Å². The lowest BCUT2D eigenvalue weighted by Crippen LogP contribution is -2.17. The highest BCUT2D eigenvalue weighted by molar-refractivity contribution is 5.96. The Morgan fingerprint density at radius 2 is 2.12 bits per heavy atom. The van der Waals surface area contributed by atoms with E-state index in [0.29, 0.717) is 23.7 Å². The van der Waals surface area contributed by atoms with Crippen molar-refractivity contribution in [3.63, 3.8) is 0 Å². The first-order valence-electron chi connectivity index (χ1n) is 8.90. The zero-order valence-corrected chi connectivity index (χ0v) is 14.4. The maximum Gasteiger partial charge on any atom is 0.316 e. The van der Waals surface area contributed by atoms with E-state index < -0.39 is 0 Å². The van der Waals surface area contributed by atoms with Crippen molar-refractivity contribution in [3.05, 3.63) is 30.6 Å². The number of H-pyrrole nitrogens is 1. The van der Waals surface area contributed by atoms with E-state index >= 15 is 0 Å². The minimum atomic E-state index is 0.110. The Hall–Kier alpha value is -2.96. The fourth-order valence-corrected chi connectivity index (χ4v) is 4.24. The zero-order chi connectivity index (χ0) is 17.7. The average Bonchev–Trinajstić information content (AvgIpc) is 3.00.